The number of piperidine rings is 1. The predicted molar refractivity (Wildman–Crippen MR) is 96.9 cm³/mol. The molecular weight excluding hydrogens is 298 g/mol. The number of benzene rings is 2. The number of aromatic amines is 1. The Kier molecular flexibility index (Phi) is 4.13. The first-order valence-electron chi connectivity index (χ1n) is 8.61. The fourth-order valence-electron chi connectivity index (χ4n) is 3.46. The van der Waals surface area contributed by atoms with Crippen LogP contribution in [0.25, 0.3) is 22.3 Å². The Morgan fingerprint density at radius 3 is 2.58 bits per heavy atom. The summed E-state index contributed by atoms with van der Waals surface area (Å²) in [5.41, 5.74) is 2.90. The van der Waals surface area contributed by atoms with Crippen LogP contribution >= 0.6 is 0 Å². The van der Waals surface area contributed by atoms with Crippen LogP contribution in [0, 0.1) is 0 Å². The van der Waals surface area contributed by atoms with Crippen molar-refractivity contribution < 1.29 is 0 Å². The van der Waals surface area contributed by atoms with E-state index in [1.54, 1.807) is 0 Å². The van der Waals surface area contributed by atoms with Gasteiger partial charge in [0.2, 0.25) is 0 Å². The molecule has 1 saturated heterocycles. The first-order valence-corrected chi connectivity index (χ1v) is 8.61. The molecule has 1 N–H and O–H groups in total. The third-order valence-electron chi connectivity index (χ3n) is 4.73. The minimum atomic E-state index is -0.0802. The SMILES string of the molecule is O=c1[nH]c(-c2ccccc2CN2CCCCC2)nc2ccccc12. The Balaban J connectivity index is 1.75. The van der Waals surface area contributed by atoms with Crippen LogP contribution in [-0.2, 0) is 6.54 Å². The highest BCUT2D eigenvalue weighted by molar-refractivity contribution is 5.79. The second-order valence-corrected chi connectivity index (χ2v) is 6.43. The molecule has 0 radical (unpaired) electrons. The number of nitrogens with one attached hydrogen (secondary N) is 1. The van der Waals surface area contributed by atoms with Gasteiger partial charge in [-0.25, -0.2) is 4.98 Å². The smallest absolute Gasteiger partial charge is 0.259 e. The Bertz CT molecular complexity index is 910. The molecule has 1 fully saturated rings. The summed E-state index contributed by atoms with van der Waals surface area (Å²) in [4.78, 5) is 22.5. The van der Waals surface area contributed by atoms with Gasteiger partial charge in [0.25, 0.3) is 5.56 Å². The van der Waals surface area contributed by atoms with E-state index in [-0.39, 0.29) is 5.56 Å². The monoisotopic (exact) mass is 319 g/mol. The lowest BCUT2D eigenvalue weighted by atomic mass is 10.0. The van der Waals surface area contributed by atoms with Crippen LogP contribution in [0.4, 0.5) is 0 Å². The van der Waals surface area contributed by atoms with Gasteiger partial charge in [0.15, 0.2) is 0 Å². The quantitative estimate of drug-likeness (QED) is 0.803. The van der Waals surface area contributed by atoms with Gasteiger partial charge in [-0.2, -0.15) is 0 Å². The van der Waals surface area contributed by atoms with E-state index in [0.717, 1.165) is 30.7 Å². The van der Waals surface area contributed by atoms with Crippen molar-refractivity contribution in [2.24, 2.45) is 0 Å². The number of fused-ring (bicyclic) bond motifs is 1. The molecule has 0 aliphatic carbocycles. The summed E-state index contributed by atoms with van der Waals surface area (Å²) >= 11 is 0. The number of hydrogen-bond acceptors (Lipinski definition) is 3. The van der Waals surface area contributed by atoms with E-state index in [4.69, 9.17) is 0 Å². The molecule has 3 aromatic rings. The second-order valence-electron chi connectivity index (χ2n) is 6.43. The van der Waals surface area contributed by atoms with Gasteiger partial charge in [-0.1, -0.05) is 42.8 Å². The molecule has 1 aliphatic rings. The largest absolute Gasteiger partial charge is 0.306 e. The zero-order chi connectivity index (χ0) is 16.4. The lowest BCUT2D eigenvalue weighted by molar-refractivity contribution is 0.221. The number of H-pyrrole nitrogens is 1. The number of hydrogen-bond donors (Lipinski definition) is 1. The van der Waals surface area contributed by atoms with Crippen molar-refractivity contribution in [2.45, 2.75) is 25.8 Å². The average Bonchev–Trinajstić information content (AvgIpc) is 2.63. The number of para-hydroxylation sites is 1. The van der Waals surface area contributed by atoms with Gasteiger partial charge >= 0.3 is 0 Å². The standard InChI is InChI=1S/C20H21N3O/c24-20-17-10-4-5-11-18(17)21-19(22-20)16-9-3-2-8-15(16)14-23-12-6-1-7-13-23/h2-5,8-11H,1,6-7,12-14H2,(H,21,22,24). The van der Waals surface area contributed by atoms with Gasteiger partial charge in [-0.3, -0.25) is 9.69 Å². The topological polar surface area (TPSA) is 49.0 Å². The Hall–Kier alpha value is -2.46. The van der Waals surface area contributed by atoms with Crippen LogP contribution in [0.15, 0.2) is 53.3 Å². The molecule has 4 rings (SSSR count). The lowest BCUT2D eigenvalue weighted by Gasteiger charge is -2.27. The summed E-state index contributed by atoms with van der Waals surface area (Å²) in [6.45, 7) is 3.21. The lowest BCUT2D eigenvalue weighted by Crippen LogP contribution is -2.29. The summed E-state index contributed by atoms with van der Waals surface area (Å²) in [7, 11) is 0. The minimum Gasteiger partial charge on any atom is -0.306 e. The maximum atomic E-state index is 12.4. The van der Waals surface area contributed by atoms with Crippen LogP contribution in [0.1, 0.15) is 24.8 Å². The number of nitrogens with zero attached hydrogens (tertiary/aromatic N) is 2. The van der Waals surface area contributed by atoms with E-state index in [2.05, 4.69) is 27.0 Å². The summed E-state index contributed by atoms with van der Waals surface area (Å²) in [5, 5.41) is 0.634. The van der Waals surface area contributed by atoms with Crippen molar-refractivity contribution in [2.75, 3.05) is 13.1 Å². The highest BCUT2D eigenvalue weighted by atomic mass is 16.1. The molecule has 1 aromatic heterocycles. The van der Waals surface area contributed by atoms with Gasteiger partial charge in [0.05, 0.1) is 10.9 Å². The van der Waals surface area contributed by atoms with Crippen molar-refractivity contribution in [1.82, 2.24) is 14.9 Å². The van der Waals surface area contributed by atoms with E-state index in [1.807, 2.05) is 36.4 Å². The Morgan fingerprint density at radius 2 is 1.71 bits per heavy atom. The first kappa shape index (κ1) is 15.1. The van der Waals surface area contributed by atoms with Crippen molar-refractivity contribution >= 4 is 10.9 Å². The van der Waals surface area contributed by atoms with Gasteiger partial charge in [-0.15, -0.1) is 0 Å². The molecule has 0 spiro atoms. The first-order chi connectivity index (χ1) is 11.8. The second kappa shape index (κ2) is 6.57. The Labute approximate surface area is 141 Å². The molecule has 122 valence electrons. The highest BCUT2D eigenvalue weighted by Crippen LogP contribution is 2.23. The van der Waals surface area contributed by atoms with Crippen molar-refractivity contribution in [3.63, 3.8) is 0 Å². The molecule has 0 bridgehead atoms. The van der Waals surface area contributed by atoms with E-state index in [0.29, 0.717) is 11.2 Å². The summed E-state index contributed by atoms with van der Waals surface area (Å²) in [5.74, 6) is 0.659. The third-order valence-corrected chi connectivity index (χ3v) is 4.73. The van der Waals surface area contributed by atoms with Crippen LogP contribution in [0.3, 0.4) is 0 Å². The van der Waals surface area contributed by atoms with Crippen molar-refractivity contribution in [3.05, 3.63) is 64.4 Å². The van der Waals surface area contributed by atoms with Gasteiger partial charge in [0, 0.05) is 12.1 Å². The fourth-order valence-corrected chi connectivity index (χ4v) is 3.46. The normalized spacial score (nSPS) is 15.7. The average molecular weight is 319 g/mol. The maximum Gasteiger partial charge on any atom is 0.259 e. The molecule has 1 aliphatic heterocycles. The Morgan fingerprint density at radius 1 is 0.958 bits per heavy atom. The van der Waals surface area contributed by atoms with E-state index in [1.165, 1.54) is 24.8 Å². The van der Waals surface area contributed by atoms with E-state index < -0.39 is 0 Å². The summed E-state index contributed by atoms with van der Waals surface area (Å²) < 4.78 is 0. The van der Waals surface area contributed by atoms with Gasteiger partial charge < -0.3 is 4.98 Å². The molecular formula is C20H21N3O. The van der Waals surface area contributed by atoms with Crippen molar-refractivity contribution in [3.8, 4) is 11.4 Å². The van der Waals surface area contributed by atoms with Crippen LogP contribution in [0.2, 0.25) is 0 Å². The number of aromatic nitrogens is 2. The van der Waals surface area contributed by atoms with E-state index >= 15 is 0 Å². The van der Waals surface area contributed by atoms with Gasteiger partial charge in [-0.05, 0) is 43.6 Å². The van der Waals surface area contributed by atoms with E-state index in [9.17, 15) is 4.79 Å². The zero-order valence-corrected chi connectivity index (χ0v) is 13.7. The molecule has 2 heterocycles. The highest BCUT2D eigenvalue weighted by Gasteiger charge is 2.14. The molecule has 4 nitrogen and oxygen atoms in total. The summed E-state index contributed by atoms with van der Waals surface area (Å²) in [6, 6.07) is 15.7. The molecule has 0 amide bonds. The predicted octanol–water partition coefficient (Wildman–Crippen LogP) is 3.58. The number of likely N-dealkylation sites (tertiary alicyclic amines) is 1. The minimum absolute atomic E-state index is 0.0802. The molecule has 0 unspecified atom stereocenters. The van der Waals surface area contributed by atoms with Gasteiger partial charge in [0.1, 0.15) is 5.82 Å². The fraction of sp³-hybridized carbons (Fsp3) is 0.300. The molecule has 4 heteroatoms. The molecule has 0 atom stereocenters. The third kappa shape index (κ3) is 2.97. The van der Waals surface area contributed by atoms with Crippen LogP contribution in [-0.4, -0.2) is 28.0 Å². The molecule has 2 aromatic carbocycles. The molecule has 0 saturated carbocycles. The maximum absolute atomic E-state index is 12.4. The zero-order valence-electron chi connectivity index (χ0n) is 13.7. The van der Waals surface area contributed by atoms with Crippen LogP contribution in [0.5, 0.6) is 0 Å². The summed E-state index contributed by atoms with van der Waals surface area (Å²) in [6.07, 6.45) is 3.87. The molecule has 24 heavy (non-hydrogen) atoms. The van der Waals surface area contributed by atoms with Crippen molar-refractivity contribution in [1.29, 1.82) is 0 Å². The van der Waals surface area contributed by atoms with Crippen LogP contribution < -0.4 is 5.56 Å². The number of rotatable bonds is 3.